The fraction of sp³-hybridized carbons (Fsp3) is 0.625. The number of nitrogens with zero attached hydrogens (tertiary/aromatic N) is 1. The molecule has 0 bridgehead atoms. The van der Waals surface area contributed by atoms with E-state index in [0.29, 0.717) is 0 Å². The highest BCUT2D eigenvalue weighted by Crippen LogP contribution is 2.27. The van der Waals surface area contributed by atoms with E-state index >= 15 is 0 Å². The molecule has 100 valence electrons. The van der Waals surface area contributed by atoms with E-state index in [9.17, 15) is 0 Å². The Kier molecular flexibility index (Phi) is 4.65. The van der Waals surface area contributed by atoms with Crippen molar-refractivity contribution in [3.63, 3.8) is 0 Å². The van der Waals surface area contributed by atoms with Gasteiger partial charge < -0.3 is 10.2 Å². The molecule has 2 rings (SSSR count). The van der Waals surface area contributed by atoms with Gasteiger partial charge in [0.15, 0.2) is 0 Å². The van der Waals surface area contributed by atoms with Gasteiger partial charge >= 0.3 is 0 Å². The minimum atomic E-state index is 0.724. The summed E-state index contributed by atoms with van der Waals surface area (Å²) in [5, 5.41) is 3.41. The summed E-state index contributed by atoms with van der Waals surface area (Å²) in [5.74, 6) is 0. The predicted octanol–water partition coefficient (Wildman–Crippen LogP) is 3.35. The molecule has 0 aliphatic heterocycles. The minimum absolute atomic E-state index is 0.724. The molecule has 1 aliphatic rings. The second-order valence-electron chi connectivity index (χ2n) is 5.42. The van der Waals surface area contributed by atoms with Crippen LogP contribution in [0.15, 0.2) is 24.3 Å². The highest BCUT2D eigenvalue weighted by atomic mass is 15.2. The molecule has 0 saturated heterocycles. The van der Waals surface area contributed by atoms with Crippen LogP contribution in [0, 0.1) is 6.92 Å². The summed E-state index contributed by atoms with van der Waals surface area (Å²) in [4.78, 5) is 2.58. The summed E-state index contributed by atoms with van der Waals surface area (Å²) in [5.41, 5.74) is 2.75. The SMILES string of the molecule is CCN(c1cccc(C)c1)C1CCC(NC)CC1. The van der Waals surface area contributed by atoms with Crippen LogP contribution in [-0.2, 0) is 0 Å². The monoisotopic (exact) mass is 246 g/mol. The summed E-state index contributed by atoms with van der Waals surface area (Å²) >= 11 is 0. The van der Waals surface area contributed by atoms with E-state index in [-0.39, 0.29) is 0 Å². The quantitative estimate of drug-likeness (QED) is 0.876. The average molecular weight is 246 g/mol. The van der Waals surface area contributed by atoms with Crippen molar-refractivity contribution in [2.45, 2.75) is 51.6 Å². The van der Waals surface area contributed by atoms with Gasteiger partial charge in [-0.05, 0) is 64.3 Å². The second kappa shape index (κ2) is 6.24. The third-order valence-corrected chi connectivity index (χ3v) is 4.22. The molecule has 0 amide bonds. The zero-order valence-corrected chi connectivity index (χ0v) is 11.9. The Labute approximate surface area is 111 Å². The first-order valence-electron chi connectivity index (χ1n) is 7.25. The van der Waals surface area contributed by atoms with Crippen LogP contribution < -0.4 is 10.2 Å². The van der Waals surface area contributed by atoms with Gasteiger partial charge in [-0.25, -0.2) is 0 Å². The normalized spacial score (nSPS) is 23.9. The third-order valence-electron chi connectivity index (χ3n) is 4.22. The van der Waals surface area contributed by atoms with E-state index in [2.05, 4.69) is 55.4 Å². The van der Waals surface area contributed by atoms with E-state index in [1.54, 1.807) is 0 Å². The fourth-order valence-electron chi connectivity index (χ4n) is 3.13. The number of anilines is 1. The number of hydrogen-bond donors (Lipinski definition) is 1. The molecule has 0 radical (unpaired) electrons. The van der Waals surface area contributed by atoms with E-state index in [0.717, 1.165) is 18.6 Å². The molecule has 2 nitrogen and oxygen atoms in total. The summed E-state index contributed by atoms with van der Waals surface area (Å²) in [6.45, 7) is 5.56. The molecule has 1 fully saturated rings. The van der Waals surface area contributed by atoms with Crippen LogP contribution in [0.5, 0.6) is 0 Å². The Balaban J connectivity index is 2.05. The van der Waals surface area contributed by atoms with Crippen molar-refractivity contribution in [2.24, 2.45) is 0 Å². The van der Waals surface area contributed by atoms with Crippen LogP contribution in [0.2, 0.25) is 0 Å². The van der Waals surface area contributed by atoms with Crippen LogP contribution in [0.3, 0.4) is 0 Å². The van der Waals surface area contributed by atoms with Crippen molar-refractivity contribution < 1.29 is 0 Å². The highest BCUT2D eigenvalue weighted by molar-refractivity contribution is 5.49. The molecule has 0 heterocycles. The topological polar surface area (TPSA) is 15.3 Å². The van der Waals surface area contributed by atoms with Gasteiger partial charge in [-0.15, -0.1) is 0 Å². The Bertz CT molecular complexity index is 367. The van der Waals surface area contributed by atoms with Crippen molar-refractivity contribution in [3.8, 4) is 0 Å². The highest BCUT2D eigenvalue weighted by Gasteiger charge is 2.24. The summed E-state index contributed by atoms with van der Waals surface area (Å²) in [7, 11) is 2.09. The van der Waals surface area contributed by atoms with Crippen LogP contribution in [0.1, 0.15) is 38.2 Å². The van der Waals surface area contributed by atoms with Crippen LogP contribution >= 0.6 is 0 Å². The first kappa shape index (κ1) is 13.4. The lowest BCUT2D eigenvalue weighted by Crippen LogP contribution is -2.41. The minimum Gasteiger partial charge on any atom is -0.369 e. The van der Waals surface area contributed by atoms with Crippen molar-refractivity contribution in [3.05, 3.63) is 29.8 Å². The zero-order chi connectivity index (χ0) is 13.0. The summed E-state index contributed by atoms with van der Waals surface area (Å²) in [6, 6.07) is 10.4. The van der Waals surface area contributed by atoms with Gasteiger partial charge in [0.2, 0.25) is 0 Å². The first-order chi connectivity index (χ1) is 8.74. The average Bonchev–Trinajstić information content (AvgIpc) is 2.40. The van der Waals surface area contributed by atoms with E-state index in [1.165, 1.54) is 36.9 Å². The first-order valence-corrected chi connectivity index (χ1v) is 7.25. The van der Waals surface area contributed by atoms with Crippen molar-refractivity contribution in [2.75, 3.05) is 18.5 Å². The van der Waals surface area contributed by atoms with Gasteiger partial charge in [-0.2, -0.15) is 0 Å². The molecular formula is C16H26N2. The van der Waals surface area contributed by atoms with Crippen molar-refractivity contribution in [1.29, 1.82) is 0 Å². The summed E-state index contributed by atoms with van der Waals surface area (Å²) < 4.78 is 0. The molecule has 2 heteroatoms. The van der Waals surface area contributed by atoms with Crippen LogP contribution in [0.25, 0.3) is 0 Å². The van der Waals surface area contributed by atoms with Gasteiger partial charge in [0.25, 0.3) is 0 Å². The zero-order valence-electron chi connectivity index (χ0n) is 11.9. The van der Waals surface area contributed by atoms with Gasteiger partial charge in [0.05, 0.1) is 0 Å². The van der Waals surface area contributed by atoms with Crippen molar-refractivity contribution >= 4 is 5.69 Å². The lowest BCUT2D eigenvalue weighted by molar-refractivity contribution is 0.346. The van der Waals surface area contributed by atoms with E-state index in [1.807, 2.05) is 0 Å². The Morgan fingerprint density at radius 3 is 2.50 bits per heavy atom. The number of rotatable bonds is 4. The number of hydrogen-bond acceptors (Lipinski definition) is 2. The van der Waals surface area contributed by atoms with Gasteiger partial charge in [-0.1, -0.05) is 12.1 Å². The van der Waals surface area contributed by atoms with Crippen LogP contribution in [-0.4, -0.2) is 25.7 Å². The van der Waals surface area contributed by atoms with Gasteiger partial charge in [0.1, 0.15) is 0 Å². The maximum absolute atomic E-state index is 3.41. The predicted molar refractivity (Wildman–Crippen MR) is 79.3 cm³/mol. The molecule has 1 aliphatic carbocycles. The standard InChI is InChI=1S/C16H26N2/c1-4-18(16-7-5-6-13(2)12-16)15-10-8-14(17-3)9-11-15/h5-7,12,14-15,17H,4,8-11H2,1-3H3. The lowest BCUT2D eigenvalue weighted by atomic mass is 9.90. The van der Waals surface area contributed by atoms with Gasteiger partial charge in [-0.3, -0.25) is 0 Å². The Hall–Kier alpha value is -1.02. The summed E-state index contributed by atoms with van der Waals surface area (Å²) in [6.07, 6.45) is 5.24. The molecule has 1 N–H and O–H groups in total. The molecule has 1 aromatic rings. The molecule has 0 spiro atoms. The van der Waals surface area contributed by atoms with Gasteiger partial charge in [0, 0.05) is 24.3 Å². The Morgan fingerprint density at radius 1 is 1.22 bits per heavy atom. The molecular weight excluding hydrogens is 220 g/mol. The Morgan fingerprint density at radius 2 is 1.94 bits per heavy atom. The number of nitrogens with one attached hydrogen (secondary N) is 1. The second-order valence-corrected chi connectivity index (χ2v) is 5.42. The number of aryl methyl sites for hydroxylation is 1. The lowest BCUT2D eigenvalue weighted by Gasteiger charge is -2.38. The van der Waals surface area contributed by atoms with Crippen LogP contribution in [0.4, 0.5) is 5.69 Å². The molecule has 18 heavy (non-hydrogen) atoms. The largest absolute Gasteiger partial charge is 0.369 e. The third kappa shape index (κ3) is 3.05. The number of benzene rings is 1. The maximum atomic E-state index is 3.41. The molecule has 1 saturated carbocycles. The molecule has 0 unspecified atom stereocenters. The molecule has 1 aromatic carbocycles. The fourth-order valence-corrected chi connectivity index (χ4v) is 3.13. The molecule has 0 atom stereocenters. The maximum Gasteiger partial charge on any atom is 0.0371 e. The smallest absolute Gasteiger partial charge is 0.0371 e. The van der Waals surface area contributed by atoms with Crippen molar-refractivity contribution in [1.82, 2.24) is 5.32 Å². The van der Waals surface area contributed by atoms with E-state index < -0.39 is 0 Å². The molecule has 0 aromatic heterocycles. The van der Waals surface area contributed by atoms with E-state index in [4.69, 9.17) is 0 Å².